The first kappa shape index (κ1) is 9.11. The van der Waals surface area contributed by atoms with E-state index in [-0.39, 0.29) is 6.54 Å². The molecule has 1 aromatic rings. The molecule has 0 saturated heterocycles. The van der Waals surface area contributed by atoms with Crippen LogP contribution in [0.5, 0.6) is 0 Å². The molecule has 6 nitrogen and oxygen atoms in total. The van der Waals surface area contributed by atoms with Crippen molar-refractivity contribution in [2.75, 3.05) is 0 Å². The summed E-state index contributed by atoms with van der Waals surface area (Å²) in [4.78, 5) is 28.2. The first-order valence-electron chi connectivity index (χ1n) is 3.47. The van der Waals surface area contributed by atoms with Gasteiger partial charge in [-0.25, -0.2) is 14.8 Å². The number of nitrogens with one attached hydrogen (secondary N) is 1. The van der Waals surface area contributed by atoms with Gasteiger partial charge in [-0.05, 0) is 6.07 Å². The summed E-state index contributed by atoms with van der Waals surface area (Å²) in [7, 11) is 0. The molecule has 6 heteroatoms. The number of carbonyl (C=O) groups is 2. The Hall–Kier alpha value is -1.98. The van der Waals surface area contributed by atoms with Crippen LogP contribution in [-0.2, 0) is 16.1 Å². The molecule has 0 saturated carbocycles. The standard InChI is InChI=1S/C7H7N3O3/c11-6(7(12)13)10-4-5-8-2-1-3-9-5/h1-3H,4H2,(H,10,11)(H,12,13). The van der Waals surface area contributed by atoms with Crippen LogP contribution in [0.3, 0.4) is 0 Å². The molecule has 0 atom stereocenters. The lowest BCUT2D eigenvalue weighted by Gasteiger charge is -1.98. The molecular formula is C7H7N3O3. The second kappa shape index (κ2) is 4.15. The van der Waals surface area contributed by atoms with Gasteiger partial charge in [0.2, 0.25) is 0 Å². The summed E-state index contributed by atoms with van der Waals surface area (Å²) in [5.41, 5.74) is 0. The third kappa shape index (κ3) is 2.86. The van der Waals surface area contributed by atoms with Crippen LogP contribution in [-0.4, -0.2) is 27.0 Å². The Morgan fingerprint density at radius 1 is 1.38 bits per heavy atom. The number of aromatic nitrogens is 2. The molecule has 1 aromatic heterocycles. The highest BCUT2D eigenvalue weighted by Crippen LogP contribution is 1.85. The van der Waals surface area contributed by atoms with Gasteiger partial charge in [-0.2, -0.15) is 0 Å². The minimum Gasteiger partial charge on any atom is -0.474 e. The first-order chi connectivity index (χ1) is 6.20. The molecule has 1 rings (SSSR count). The molecule has 13 heavy (non-hydrogen) atoms. The predicted octanol–water partition coefficient (Wildman–Crippen LogP) is -0.823. The van der Waals surface area contributed by atoms with Gasteiger partial charge in [0.1, 0.15) is 5.82 Å². The molecule has 0 bridgehead atoms. The van der Waals surface area contributed by atoms with Crippen molar-refractivity contribution in [2.45, 2.75) is 6.54 Å². The fourth-order valence-corrected chi connectivity index (χ4v) is 0.656. The Kier molecular flexibility index (Phi) is 2.91. The largest absolute Gasteiger partial charge is 0.474 e. The lowest BCUT2D eigenvalue weighted by Crippen LogP contribution is -2.30. The maximum atomic E-state index is 10.5. The van der Waals surface area contributed by atoms with Crippen molar-refractivity contribution >= 4 is 11.9 Å². The number of amides is 1. The highest BCUT2D eigenvalue weighted by Gasteiger charge is 2.09. The average molecular weight is 181 g/mol. The van der Waals surface area contributed by atoms with E-state index in [0.717, 1.165) is 0 Å². The van der Waals surface area contributed by atoms with Crippen molar-refractivity contribution in [3.05, 3.63) is 24.3 Å². The fraction of sp³-hybridized carbons (Fsp3) is 0.143. The van der Waals surface area contributed by atoms with Crippen LogP contribution in [0.15, 0.2) is 18.5 Å². The number of carboxylic acid groups (broad SMARTS) is 1. The third-order valence-electron chi connectivity index (χ3n) is 1.22. The summed E-state index contributed by atoms with van der Waals surface area (Å²) in [6, 6.07) is 1.63. The van der Waals surface area contributed by atoms with Gasteiger partial charge < -0.3 is 10.4 Å². The van der Waals surface area contributed by atoms with Gasteiger partial charge in [0.05, 0.1) is 6.54 Å². The molecular weight excluding hydrogens is 174 g/mol. The number of carboxylic acids is 1. The molecule has 2 N–H and O–H groups in total. The van der Waals surface area contributed by atoms with Crippen LogP contribution in [0.2, 0.25) is 0 Å². The summed E-state index contributed by atoms with van der Waals surface area (Å²) < 4.78 is 0. The van der Waals surface area contributed by atoms with Gasteiger partial charge in [-0.15, -0.1) is 0 Å². The molecule has 1 heterocycles. The quantitative estimate of drug-likeness (QED) is 0.581. The van der Waals surface area contributed by atoms with Gasteiger partial charge in [0, 0.05) is 12.4 Å². The van der Waals surface area contributed by atoms with Gasteiger partial charge in [-0.3, -0.25) is 4.79 Å². The van der Waals surface area contributed by atoms with E-state index in [4.69, 9.17) is 5.11 Å². The van der Waals surface area contributed by atoms with Crippen molar-refractivity contribution in [1.82, 2.24) is 15.3 Å². The normalized spacial score (nSPS) is 9.23. The van der Waals surface area contributed by atoms with Crippen LogP contribution in [0.4, 0.5) is 0 Å². The Balaban J connectivity index is 2.44. The SMILES string of the molecule is O=C(O)C(=O)NCc1ncccn1. The minimum atomic E-state index is -1.52. The second-order valence-electron chi connectivity index (χ2n) is 2.15. The summed E-state index contributed by atoms with van der Waals surface area (Å²) in [5, 5.41) is 10.3. The maximum Gasteiger partial charge on any atom is 0.394 e. The Morgan fingerprint density at radius 2 is 2.00 bits per heavy atom. The number of carbonyl (C=O) groups excluding carboxylic acids is 1. The average Bonchev–Trinajstić information content (AvgIpc) is 2.15. The number of aliphatic carboxylic acids is 1. The van der Waals surface area contributed by atoms with E-state index in [0.29, 0.717) is 5.82 Å². The molecule has 68 valence electrons. The predicted molar refractivity (Wildman–Crippen MR) is 41.5 cm³/mol. The lowest BCUT2D eigenvalue weighted by molar-refractivity contribution is -0.150. The monoisotopic (exact) mass is 181 g/mol. The van der Waals surface area contributed by atoms with Crippen LogP contribution >= 0.6 is 0 Å². The Bertz CT molecular complexity index is 312. The molecule has 0 aliphatic heterocycles. The molecule has 0 aromatic carbocycles. The van der Waals surface area contributed by atoms with E-state index in [1.807, 2.05) is 0 Å². The summed E-state index contributed by atoms with van der Waals surface area (Å²) in [6.07, 6.45) is 3.02. The highest BCUT2D eigenvalue weighted by molar-refractivity contribution is 6.31. The number of rotatable bonds is 2. The lowest BCUT2D eigenvalue weighted by atomic mass is 10.5. The first-order valence-corrected chi connectivity index (χ1v) is 3.47. The Morgan fingerprint density at radius 3 is 2.54 bits per heavy atom. The van der Waals surface area contributed by atoms with Crippen molar-refractivity contribution in [1.29, 1.82) is 0 Å². The summed E-state index contributed by atoms with van der Waals surface area (Å²) in [6.45, 7) is 0.0198. The molecule has 0 radical (unpaired) electrons. The zero-order chi connectivity index (χ0) is 9.68. The molecule has 1 amide bonds. The zero-order valence-corrected chi connectivity index (χ0v) is 6.60. The van der Waals surface area contributed by atoms with Crippen LogP contribution in [0.25, 0.3) is 0 Å². The summed E-state index contributed by atoms with van der Waals surface area (Å²) >= 11 is 0. The molecule has 0 aliphatic carbocycles. The van der Waals surface area contributed by atoms with Crippen molar-refractivity contribution in [3.63, 3.8) is 0 Å². The van der Waals surface area contributed by atoms with Gasteiger partial charge >= 0.3 is 11.9 Å². The highest BCUT2D eigenvalue weighted by atomic mass is 16.4. The van der Waals surface area contributed by atoms with E-state index >= 15 is 0 Å². The zero-order valence-electron chi connectivity index (χ0n) is 6.60. The van der Waals surface area contributed by atoms with Crippen molar-refractivity contribution in [2.24, 2.45) is 0 Å². The van der Waals surface area contributed by atoms with E-state index in [1.165, 1.54) is 12.4 Å². The van der Waals surface area contributed by atoms with E-state index in [2.05, 4.69) is 15.3 Å². The van der Waals surface area contributed by atoms with Crippen molar-refractivity contribution < 1.29 is 14.7 Å². The van der Waals surface area contributed by atoms with Crippen LogP contribution < -0.4 is 5.32 Å². The minimum absolute atomic E-state index is 0.0198. The van der Waals surface area contributed by atoms with Crippen LogP contribution in [0.1, 0.15) is 5.82 Å². The van der Waals surface area contributed by atoms with Crippen molar-refractivity contribution in [3.8, 4) is 0 Å². The molecule has 0 fully saturated rings. The van der Waals surface area contributed by atoms with E-state index in [9.17, 15) is 9.59 Å². The maximum absolute atomic E-state index is 10.5. The molecule has 0 aliphatic rings. The molecule has 0 spiro atoms. The second-order valence-corrected chi connectivity index (χ2v) is 2.15. The van der Waals surface area contributed by atoms with Gasteiger partial charge in [-0.1, -0.05) is 0 Å². The topological polar surface area (TPSA) is 92.2 Å². The molecule has 0 unspecified atom stereocenters. The van der Waals surface area contributed by atoms with Crippen LogP contribution in [0, 0.1) is 0 Å². The number of nitrogens with zero attached hydrogens (tertiary/aromatic N) is 2. The number of hydrogen-bond donors (Lipinski definition) is 2. The number of hydrogen-bond acceptors (Lipinski definition) is 4. The third-order valence-corrected chi connectivity index (χ3v) is 1.22. The smallest absolute Gasteiger partial charge is 0.394 e. The Labute approximate surface area is 73.6 Å². The van der Waals surface area contributed by atoms with Gasteiger partial charge in [0.25, 0.3) is 0 Å². The van der Waals surface area contributed by atoms with E-state index < -0.39 is 11.9 Å². The fourth-order valence-electron chi connectivity index (χ4n) is 0.656. The van der Waals surface area contributed by atoms with E-state index in [1.54, 1.807) is 6.07 Å². The van der Waals surface area contributed by atoms with Gasteiger partial charge in [0.15, 0.2) is 0 Å². The summed E-state index contributed by atoms with van der Waals surface area (Å²) in [5.74, 6) is -2.21.